The average Bonchev–Trinajstić information content (AvgIpc) is 2.30. The Labute approximate surface area is 79.6 Å². The summed E-state index contributed by atoms with van der Waals surface area (Å²) in [6, 6.07) is 0. The largest absolute Gasteiger partial charge is 0.512 e. The first-order valence-corrected chi connectivity index (χ1v) is 5.20. The molecule has 2 heteroatoms. The van der Waals surface area contributed by atoms with Crippen LogP contribution in [-0.4, -0.2) is 10.9 Å². The summed E-state index contributed by atoms with van der Waals surface area (Å²) in [7, 11) is 0. The van der Waals surface area contributed by atoms with Crippen LogP contribution in [-0.2, 0) is 4.79 Å². The van der Waals surface area contributed by atoms with Crippen molar-refractivity contribution in [2.45, 2.75) is 51.9 Å². The molecule has 0 saturated heterocycles. The predicted octanol–water partition coefficient (Wildman–Crippen LogP) is 3.13. The number of ketones is 1. The summed E-state index contributed by atoms with van der Waals surface area (Å²) in [6.45, 7) is 2.01. The molecule has 0 amide bonds. The van der Waals surface area contributed by atoms with Crippen molar-refractivity contribution in [3.8, 4) is 0 Å². The molecular formula is C11H18O2. The van der Waals surface area contributed by atoms with E-state index in [2.05, 4.69) is 0 Å². The summed E-state index contributed by atoms with van der Waals surface area (Å²) in [5.74, 6) is 0.512. The Morgan fingerprint density at radius 3 is 2.69 bits per heavy atom. The summed E-state index contributed by atoms with van der Waals surface area (Å²) < 4.78 is 0. The number of Topliss-reactive ketones (excluding diaryl/α,β-unsaturated/α-hetero) is 1. The minimum absolute atomic E-state index is 0.170. The first kappa shape index (κ1) is 10.3. The smallest absolute Gasteiger partial charge is 0.162 e. The fourth-order valence-electron chi connectivity index (χ4n) is 1.75. The van der Waals surface area contributed by atoms with Crippen molar-refractivity contribution >= 4 is 5.78 Å². The van der Waals surface area contributed by atoms with E-state index in [-0.39, 0.29) is 5.78 Å². The average molecular weight is 182 g/mol. The SMILES string of the molecule is CCCC(O)=C1CCCCCC1=O. The van der Waals surface area contributed by atoms with E-state index in [4.69, 9.17) is 0 Å². The van der Waals surface area contributed by atoms with Crippen LogP contribution in [0.1, 0.15) is 51.9 Å². The van der Waals surface area contributed by atoms with Gasteiger partial charge < -0.3 is 5.11 Å². The van der Waals surface area contributed by atoms with Gasteiger partial charge in [0, 0.05) is 18.4 Å². The van der Waals surface area contributed by atoms with E-state index >= 15 is 0 Å². The molecule has 0 aliphatic heterocycles. The molecule has 0 aromatic heterocycles. The number of allylic oxidation sites excluding steroid dienone is 2. The highest BCUT2D eigenvalue weighted by Gasteiger charge is 2.16. The zero-order valence-electron chi connectivity index (χ0n) is 8.31. The van der Waals surface area contributed by atoms with Crippen molar-refractivity contribution in [2.75, 3.05) is 0 Å². The lowest BCUT2D eigenvalue weighted by molar-refractivity contribution is -0.115. The molecule has 0 atom stereocenters. The fraction of sp³-hybridized carbons (Fsp3) is 0.727. The van der Waals surface area contributed by atoms with Gasteiger partial charge in [0.25, 0.3) is 0 Å². The van der Waals surface area contributed by atoms with Crippen molar-refractivity contribution in [2.24, 2.45) is 0 Å². The summed E-state index contributed by atoms with van der Waals surface area (Å²) in [4.78, 5) is 11.5. The highest BCUT2D eigenvalue weighted by atomic mass is 16.3. The molecule has 74 valence electrons. The molecule has 2 nitrogen and oxygen atoms in total. The molecule has 0 radical (unpaired) electrons. The first-order chi connectivity index (χ1) is 6.25. The lowest BCUT2D eigenvalue weighted by Crippen LogP contribution is -2.03. The van der Waals surface area contributed by atoms with Gasteiger partial charge in [-0.2, -0.15) is 0 Å². The second kappa shape index (κ2) is 5.05. The van der Waals surface area contributed by atoms with Crippen molar-refractivity contribution in [3.63, 3.8) is 0 Å². The van der Waals surface area contributed by atoms with Gasteiger partial charge in [0.2, 0.25) is 0 Å². The molecule has 1 saturated carbocycles. The second-order valence-electron chi connectivity index (χ2n) is 3.66. The Kier molecular flexibility index (Phi) is 4.00. The number of rotatable bonds is 2. The third-order valence-corrected chi connectivity index (χ3v) is 2.50. The number of hydrogen-bond donors (Lipinski definition) is 1. The molecule has 0 aromatic rings. The zero-order valence-corrected chi connectivity index (χ0v) is 8.31. The molecule has 1 aliphatic rings. The van der Waals surface area contributed by atoms with Crippen LogP contribution in [0.4, 0.5) is 0 Å². The molecule has 13 heavy (non-hydrogen) atoms. The summed E-state index contributed by atoms with van der Waals surface area (Å²) in [5, 5.41) is 9.63. The maximum Gasteiger partial charge on any atom is 0.162 e. The molecule has 0 unspecified atom stereocenters. The number of aliphatic hydroxyl groups is 1. The standard InChI is InChI=1S/C11H18O2/c1-2-6-10(12)9-7-4-3-5-8-11(9)13/h12H,2-8H2,1H3. The summed E-state index contributed by atoms with van der Waals surface area (Å²) >= 11 is 0. The Bertz CT molecular complexity index is 216. The van der Waals surface area contributed by atoms with E-state index in [1.54, 1.807) is 0 Å². The maximum absolute atomic E-state index is 11.5. The summed E-state index contributed by atoms with van der Waals surface area (Å²) in [6.07, 6.45) is 6.13. The minimum Gasteiger partial charge on any atom is -0.512 e. The molecule has 1 rings (SSSR count). The highest BCUT2D eigenvalue weighted by Crippen LogP contribution is 2.22. The van der Waals surface area contributed by atoms with Gasteiger partial charge in [-0.1, -0.05) is 13.3 Å². The van der Waals surface area contributed by atoms with Gasteiger partial charge >= 0.3 is 0 Å². The van der Waals surface area contributed by atoms with Crippen LogP contribution in [0.2, 0.25) is 0 Å². The van der Waals surface area contributed by atoms with Gasteiger partial charge in [-0.25, -0.2) is 0 Å². The molecule has 0 heterocycles. The fourth-order valence-corrected chi connectivity index (χ4v) is 1.75. The Morgan fingerprint density at radius 1 is 1.31 bits per heavy atom. The van der Waals surface area contributed by atoms with Gasteiger partial charge in [0.15, 0.2) is 5.78 Å². The van der Waals surface area contributed by atoms with Crippen LogP contribution in [0.3, 0.4) is 0 Å². The van der Waals surface area contributed by atoms with Crippen LogP contribution >= 0.6 is 0 Å². The zero-order chi connectivity index (χ0) is 9.68. The van der Waals surface area contributed by atoms with E-state index in [0.29, 0.717) is 24.2 Å². The molecule has 1 fully saturated rings. The van der Waals surface area contributed by atoms with Crippen LogP contribution in [0.5, 0.6) is 0 Å². The lowest BCUT2D eigenvalue weighted by Gasteiger charge is -2.05. The number of aliphatic hydroxyl groups excluding tert-OH is 1. The Morgan fingerprint density at radius 2 is 2.00 bits per heavy atom. The first-order valence-electron chi connectivity index (χ1n) is 5.20. The van der Waals surface area contributed by atoms with E-state index in [1.807, 2.05) is 6.92 Å². The Balaban J connectivity index is 2.73. The molecule has 1 aliphatic carbocycles. The van der Waals surface area contributed by atoms with Gasteiger partial charge in [-0.3, -0.25) is 4.79 Å². The molecule has 0 bridgehead atoms. The van der Waals surface area contributed by atoms with Crippen molar-refractivity contribution in [1.29, 1.82) is 0 Å². The van der Waals surface area contributed by atoms with Gasteiger partial charge in [-0.05, 0) is 25.7 Å². The van der Waals surface area contributed by atoms with Crippen LogP contribution in [0, 0.1) is 0 Å². The Hall–Kier alpha value is -0.790. The summed E-state index contributed by atoms with van der Waals surface area (Å²) in [5.41, 5.74) is 0.708. The van der Waals surface area contributed by atoms with E-state index in [1.165, 1.54) is 0 Å². The van der Waals surface area contributed by atoms with Gasteiger partial charge in [0.1, 0.15) is 0 Å². The maximum atomic E-state index is 11.5. The molecular weight excluding hydrogens is 164 g/mol. The third kappa shape index (κ3) is 2.87. The number of carbonyl (C=O) groups excluding carboxylic acids is 1. The quantitative estimate of drug-likeness (QED) is 0.404. The molecule has 0 spiro atoms. The normalized spacial score (nSPS) is 22.7. The van der Waals surface area contributed by atoms with E-state index in [0.717, 1.165) is 32.1 Å². The molecule has 1 N–H and O–H groups in total. The lowest BCUT2D eigenvalue weighted by atomic mass is 10.0. The molecule has 0 aromatic carbocycles. The van der Waals surface area contributed by atoms with Gasteiger partial charge in [-0.15, -0.1) is 0 Å². The third-order valence-electron chi connectivity index (χ3n) is 2.50. The van der Waals surface area contributed by atoms with E-state index in [9.17, 15) is 9.90 Å². The minimum atomic E-state index is 0.170. The van der Waals surface area contributed by atoms with Crippen molar-refractivity contribution in [1.82, 2.24) is 0 Å². The van der Waals surface area contributed by atoms with Crippen LogP contribution in [0.15, 0.2) is 11.3 Å². The van der Waals surface area contributed by atoms with Crippen molar-refractivity contribution in [3.05, 3.63) is 11.3 Å². The highest BCUT2D eigenvalue weighted by molar-refractivity contribution is 5.95. The number of carbonyl (C=O) groups is 1. The monoisotopic (exact) mass is 182 g/mol. The van der Waals surface area contributed by atoms with Crippen LogP contribution < -0.4 is 0 Å². The second-order valence-corrected chi connectivity index (χ2v) is 3.66. The van der Waals surface area contributed by atoms with Crippen LogP contribution in [0.25, 0.3) is 0 Å². The number of hydrogen-bond acceptors (Lipinski definition) is 2. The van der Waals surface area contributed by atoms with E-state index < -0.39 is 0 Å². The van der Waals surface area contributed by atoms with Crippen molar-refractivity contribution < 1.29 is 9.90 Å². The predicted molar refractivity (Wildman–Crippen MR) is 52.7 cm³/mol. The topological polar surface area (TPSA) is 37.3 Å². The van der Waals surface area contributed by atoms with Gasteiger partial charge in [0.05, 0.1) is 5.76 Å².